The Bertz CT molecular complexity index is 1380. The molecule has 5 N–H and O–H groups in total. The Morgan fingerprint density at radius 1 is 1.00 bits per heavy atom. The molecule has 278 valence electrons. The molecule has 7 atom stereocenters. The molecule has 2 heterocycles. The van der Waals surface area contributed by atoms with Gasteiger partial charge in [-0.3, -0.25) is 14.4 Å². The Balaban J connectivity index is 1.36. The fraction of sp³-hybridized carbons (Fsp3) is 0.882. The minimum atomic E-state index is -3.37. The second kappa shape index (κ2) is 14.7. The number of sulfone groups is 1. The molecule has 3 saturated carbocycles. The Morgan fingerprint density at radius 3 is 2.22 bits per heavy atom. The number of fused-ring (bicyclic) bond motifs is 1. The van der Waals surface area contributed by atoms with E-state index < -0.39 is 84.3 Å². The summed E-state index contributed by atoms with van der Waals surface area (Å²) in [6.45, 7) is 7.62. The second-order valence-corrected chi connectivity index (χ2v) is 20.1. The SMILES string of the molecule is CCCCC(NC(=O)C1C2C(CN1C(=O)C(NC(=O)NC1(C3CCCS3(=O)=O)CCCCC1)C(C)(C)C)CC2(Cl)Cl)C(O)C(=O)NC1CC1. The second-order valence-electron chi connectivity index (χ2n) is 16.3. The monoisotopic (exact) mass is 747 g/mol. The number of unbranched alkanes of at least 4 members (excludes halogenated alkanes) is 1. The van der Waals surface area contributed by atoms with Crippen molar-refractivity contribution in [1.82, 2.24) is 26.2 Å². The molecule has 5 aliphatic rings. The van der Waals surface area contributed by atoms with Crippen LogP contribution in [0.5, 0.6) is 0 Å². The van der Waals surface area contributed by atoms with Gasteiger partial charge in [-0.15, -0.1) is 23.2 Å². The molecule has 3 aliphatic carbocycles. The summed E-state index contributed by atoms with van der Waals surface area (Å²) in [4.78, 5) is 56.7. The highest BCUT2D eigenvalue weighted by Crippen LogP contribution is 2.58. The maximum absolute atomic E-state index is 14.5. The third-order valence-corrected chi connectivity index (χ3v) is 14.6. The number of carbonyl (C=O) groups is 4. The molecular weight excluding hydrogens is 693 g/mol. The summed E-state index contributed by atoms with van der Waals surface area (Å²) in [7, 11) is -3.37. The molecular formula is C34H55Cl2N5O7S. The molecule has 15 heteroatoms. The lowest BCUT2D eigenvalue weighted by atomic mass is 9.71. The first-order chi connectivity index (χ1) is 22.9. The van der Waals surface area contributed by atoms with Gasteiger partial charge in [0.25, 0.3) is 5.91 Å². The molecule has 0 bridgehead atoms. The number of urea groups is 1. The summed E-state index contributed by atoms with van der Waals surface area (Å²) >= 11 is 13.4. The van der Waals surface area contributed by atoms with E-state index in [1.165, 1.54) is 4.90 Å². The van der Waals surface area contributed by atoms with Crippen LogP contribution < -0.4 is 21.3 Å². The number of halogens is 2. The zero-order valence-corrected chi connectivity index (χ0v) is 31.6. The number of amides is 5. The fourth-order valence-electron chi connectivity index (χ4n) is 8.58. The summed E-state index contributed by atoms with van der Waals surface area (Å²) in [6, 6.07) is -3.64. The number of hydrogen-bond donors (Lipinski definition) is 5. The highest BCUT2D eigenvalue weighted by atomic mass is 35.5. The van der Waals surface area contributed by atoms with E-state index in [1.807, 2.05) is 27.7 Å². The van der Waals surface area contributed by atoms with Gasteiger partial charge in [-0.05, 0) is 62.7 Å². The number of hydrogen-bond acceptors (Lipinski definition) is 7. The number of carbonyl (C=O) groups excluding carboxylic acids is 4. The number of nitrogens with one attached hydrogen (secondary N) is 4. The van der Waals surface area contributed by atoms with Gasteiger partial charge in [0.15, 0.2) is 15.9 Å². The van der Waals surface area contributed by atoms with Gasteiger partial charge in [0.05, 0.1) is 22.6 Å². The minimum absolute atomic E-state index is 0.0334. The Morgan fingerprint density at radius 2 is 1.67 bits per heavy atom. The lowest BCUT2D eigenvalue weighted by molar-refractivity contribution is -0.144. The largest absolute Gasteiger partial charge is 0.381 e. The van der Waals surface area contributed by atoms with Crippen LogP contribution in [0.15, 0.2) is 0 Å². The summed E-state index contributed by atoms with van der Waals surface area (Å²) < 4.78 is 24.9. The van der Waals surface area contributed by atoms with Crippen LogP contribution in [-0.4, -0.2) is 99.9 Å². The molecule has 0 spiro atoms. The van der Waals surface area contributed by atoms with Gasteiger partial charge in [-0.1, -0.05) is 59.8 Å². The van der Waals surface area contributed by atoms with E-state index in [9.17, 15) is 32.7 Å². The van der Waals surface area contributed by atoms with Gasteiger partial charge in [-0.25, -0.2) is 13.2 Å². The van der Waals surface area contributed by atoms with Crippen molar-refractivity contribution in [3.63, 3.8) is 0 Å². The topological polar surface area (TPSA) is 174 Å². The van der Waals surface area contributed by atoms with Crippen LogP contribution in [0.3, 0.4) is 0 Å². The van der Waals surface area contributed by atoms with E-state index >= 15 is 0 Å². The van der Waals surface area contributed by atoms with Crippen molar-refractivity contribution in [3.05, 3.63) is 0 Å². The van der Waals surface area contributed by atoms with E-state index in [1.54, 1.807) is 0 Å². The van der Waals surface area contributed by atoms with Crippen LogP contribution in [0.4, 0.5) is 4.79 Å². The first-order valence-corrected chi connectivity index (χ1v) is 20.6. The molecule has 0 aromatic carbocycles. The number of nitrogens with zero attached hydrogens (tertiary/aromatic N) is 1. The highest BCUT2D eigenvalue weighted by molar-refractivity contribution is 7.92. The van der Waals surface area contributed by atoms with E-state index in [0.29, 0.717) is 44.9 Å². The first-order valence-electron chi connectivity index (χ1n) is 18.2. The molecule has 2 saturated heterocycles. The Labute approximate surface area is 300 Å². The Kier molecular flexibility index (Phi) is 11.5. The van der Waals surface area contributed by atoms with Crippen molar-refractivity contribution in [2.45, 2.75) is 157 Å². The van der Waals surface area contributed by atoms with Crippen LogP contribution in [0.2, 0.25) is 0 Å². The zero-order valence-electron chi connectivity index (χ0n) is 29.2. The third-order valence-electron chi connectivity index (χ3n) is 11.4. The number of aliphatic hydroxyl groups excluding tert-OH is 1. The summed E-state index contributed by atoms with van der Waals surface area (Å²) in [5.41, 5.74) is -1.70. The fourth-order valence-corrected chi connectivity index (χ4v) is 11.9. The Hall–Kier alpha value is -1.83. The molecule has 0 radical (unpaired) electrons. The summed E-state index contributed by atoms with van der Waals surface area (Å²) in [5, 5.41) is 21.9. The van der Waals surface area contributed by atoms with Gasteiger partial charge in [0, 0.05) is 18.5 Å². The molecule has 12 nitrogen and oxygen atoms in total. The van der Waals surface area contributed by atoms with Gasteiger partial charge in [0.2, 0.25) is 11.8 Å². The van der Waals surface area contributed by atoms with Crippen molar-refractivity contribution < 1.29 is 32.7 Å². The number of alkyl halides is 2. The maximum atomic E-state index is 14.5. The first kappa shape index (κ1) is 38.4. The standard InChI is InChI=1S/C34H55Cl2N5O7S/c1-5-6-11-22(26(42)29(44)37-21-13-14-21)38-28(43)25-24-20(18-34(24,35)36)19-41(25)30(45)27(32(2,3)4)39-31(46)40-33(15-8-7-9-16-33)23-12-10-17-49(23,47)48/h20-27,42H,5-19H2,1-4H3,(H,37,44)(H,38,43)(H2,39,40,46). The average Bonchev–Trinajstić information content (AvgIpc) is 3.66. The quantitative estimate of drug-likeness (QED) is 0.191. The smallest absolute Gasteiger partial charge is 0.315 e. The van der Waals surface area contributed by atoms with Gasteiger partial charge < -0.3 is 31.3 Å². The highest BCUT2D eigenvalue weighted by Gasteiger charge is 2.64. The number of aliphatic hydroxyl groups is 1. The predicted molar refractivity (Wildman–Crippen MR) is 188 cm³/mol. The van der Waals surface area contributed by atoms with Crippen molar-refractivity contribution in [2.75, 3.05) is 12.3 Å². The third kappa shape index (κ3) is 8.30. The number of rotatable bonds is 12. The van der Waals surface area contributed by atoms with Gasteiger partial charge in [-0.2, -0.15) is 0 Å². The van der Waals surface area contributed by atoms with E-state index in [0.717, 1.165) is 38.5 Å². The molecule has 7 unspecified atom stereocenters. The molecule has 2 aliphatic heterocycles. The molecule has 49 heavy (non-hydrogen) atoms. The summed E-state index contributed by atoms with van der Waals surface area (Å²) in [5.74, 6) is -2.22. The van der Waals surface area contributed by atoms with Crippen LogP contribution >= 0.6 is 23.2 Å². The van der Waals surface area contributed by atoms with Crippen molar-refractivity contribution in [1.29, 1.82) is 0 Å². The minimum Gasteiger partial charge on any atom is -0.381 e. The van der Waals surface area contributed by atoms with Crippen LogP contribution in [0.25, 0.3) is 0 Å². The van der Waals surface area contributed by atoms with Crippen molar-refractivity contribution in [2.24, 2.45) is 17.3 Å². The van der Waals surface area contributed by atoms with Crippen LogP contribution in [0.1, 0.15) is 111 Å². The number of likely N-dealkylation sites (tertiary alicyclic amines) is 1. The lowest BCUT2D eigenvalue weighted by Gasteiger charge is -2.45. The van der Waals surface area contributed by atoms with Crippen LogP contribution in [0, 0.1) is 17.3 Å². The maximum Gasteiger partial charge on any atom is 0.315 e. The molecule has 5 rings (SSSR count). The molecule has 0 aromatic rings. The van der Waals surface area contributed by atoms with E-state index in [2.05, 4.69) is 21.3 Å². The zero-order chi connectivity index (χ0) is 35.9. The molecule has 0 aromatic heterocycles. The predicted octanol–water partition coefficient (Wildman–Crippen LogP) is 3.32. The summed E-state index contributed by atoms with van der Waals surface area (Å²) in [6.07, 6.45) is 7.12. The van der Waals surface area contributed by atoms with Crippen molar-refractivity contribution >= 4 is 56.8 Å². The normalized spacial score (nSPS) is 30.2. The van der Waals surface area contributed by atoms with Gasteiger partial charge in [0.1, 0.15) is 16.4 Å². The average molecular weight is 749 g/mol. The van der Waals surface area contributed by atoms with E-state index in [-0.39, 0.29) is 24.3 Å². The van der Waals surface area contributed by atoms with Gasteiger partial charge >= 0.3 is 6.03 Å². The van der Waals surface area contributed by atoms with E-state index in [4.69, 9.17) is 23.2 Å². The molecule has 5 amide bonds. The lowest BCUT2D eigenvalue weighted by Crippen LogP contribution is -2.65. The van der Waals surface area contributed by atoms with Crippen LogP contribution in [-0.2, 0) is 24.2 Å². The molecule has 5 fully saturated rings. The van der Waals surface area contributed by atoms with Crippen molar-refractivity contribution in [3.8, 4) is 0 Å².